The van der Waals surface area contributed by atoms with Crippen molar-refractivity contribution in [1.29, 1.82) is 0 Å². The zero-order chi connectivity index (χ0) is 13.5. The Kier molecular flexibility index (Phi) is 5.53. The Bertz CT molecular complexity index is 482. The first kappa shape index (κ1) is 14.2. The summed E-state index contributed by atoms with van der Waals surface area (Å²) in [6.45, 7) is 0.634. The summed E-state index contributed by atoms with van der Waals surface area (Å²) in [6, 6.07) is 7.54. The fourth-order valence-corrected chi connectivity index (χ4v) is 3.01. The van der Waals surface area contributed by atoms with Crippen LogP contribution in [0.5, 0.6) is 0 Å². The quantitative estimate of drug-likeness (QED) is 0.824. The molecule has 0 aliphatic rings. The Hall–Kier alpha value is -1.21. The predicted octanol–water partition coefficient (Wildman–Crippen LogP) is 2.29. The van der Waals surface area contributed by atoms with Crippen LogP contribution >= 0.6 is 22.7 Å². The van der Waals surface area contributed by atoms with Gasteiger partial charge in [-0.2, -0.15) is 0 Å². The van der Waals surface area contributed by atoms with E-state index in [1.807, 2.05) is 29.0 Å². The number of aliphatic hydroxyl groups is 1. The van der Waals surface area contributed by atoms with Crippen molar-refractivity contribution in [3.05, 3.63) is 44.8 Å². The van der Waals surface area contributed by atoms with Crippen LogP contribution in [0.4, 0.5) is 0 Å². The summed E-state index contributed by atoms with van der Waals surface area (Å²) in [5, 5.41) is 15.5. The van der Waals surface area contributed by atoms with Gasteiger partial charge >= 0.3 is 0 Å². The predicted molar refractivity (Wildman–Crippen MR) is 76.8 cm³/mol. The molecule has 0 aliphatic carbocycles. The summed E-state index contributed by atoms with van der Waals surface area (Å²) >= 11 is 2.98. The Morgan fingerprint density at radius 2 is 2.11 bits per heavy atom. The Morgan fingerprint density at radius 3 is 2.74 bits per heavy atom. The topological polar surface area (TPSA) is 58.6 Å². The normalized spacial score (nSPS) is 12.3. The highest BCUT2D eigenvalue weighted by Crippen LogP contribution is 2.22. The lowest BCUT2D eigenvalue weighted by Crippen LogP contribution is -2.29. The van der Waals surface area contributed by atoms with Gasteiger partial charge in [0.05, 0.1) is 18.1 Å². The first-order valence-electron chi connectivity index (χ1n) is 5.89. The molecule has 2 heterocycles. The second-order valence-corrected chi connectivity index (χ2v) is 5.71. The van der Waals surface area contributed by atoms with E-state index in [2.05, 4.69) is 5.32 Å². The van der Waals surface area contributed by atoms with Crippen molar-refractivity contribution in [2.45, 2.75) is 6.10 Å². The maximum absolute atomic E-state index is 11.9. The fourth-order valence-electron chi connectivity index (χ4n) is 1.59. The van der Waals surface area contributed by atoms with Crippen LogP contribution in [-0.2, 0) is 4.74 Å². The maximum atomic E-state index is 11.9. The summed E-state index contributed by atoms with van der Waals surface area (Å²) in [5.74, 6) is -0.0934. The molecule has 0 bridgehead atoms. The van der Waals surface area contributed by atoms with Crippen LogP contribution in [0.2, 0.25) is 0 Å². The van der Waals surface area contributed by atoms with Crippen LogP contribution in [0.1, 0.15) is 20.7 Å². The van der Waals surface area contributed by atoms with Crippen molar-refractivity contribution < 1.29 is 14.6 Å². The first-order chi connectivity index (χ1) is 9.31. The van der Waals surface area contributed by atoms with Crippen LogP contribution in [0, 0.1) is 0 Å². The molecular weight excluding hydrogens is 282 g/mol. The molecule has 6 heteroatoms. The molecule has 0 aliphatic heterocycles. The second kappa shape index (κ2) is 7.40. The number of amides is 1. The van der Waals surface area contributed by atoms with Gasteiger partial charge in [-0.05, 0) is 22.9 Å². The summed E-state index contributed by atoms with van der Waals surface area (Å²) < 4.78 is 5.55. The first-order valence-corrected chi connectivity index (χ1v) is 7.64. The van der Waals surface area contributed by atoms with Gasteiger partial charge in [0.25, 0.3) is 5.91 Å². The molecule has 2 aromatic heterocycles. The van der Waals surface area contributed by atoms with E-state index in [1.54, 1.807) is 17.4 Å². The molecule has 0 spiro atoms. The number of carbonyl (C=O) groups is 1. The SMILES string of the molecule is O=C(NC[C@H](OCCO)c1cccs1)c1cccs1. The van der Waals surface area contributed by atoms with E-state index < -0.39 is 0 Å². The second-order valence-electron chi connectivity index (χ2n) is 3.79. The minimum atomic E-state index is -0.212. The van der Waals surface area contributed by atoms with Gasteiger partial charge in [0.2, 0.25) is 0 Å². The van der Waals surface area contributed by atoms with Crippen LogP contribution in [0.3, 0.4) is 0 Å². The van der Waals surface area contributed by atoms with Gasteiger partial charge in [0.15, 0.2) is 0 Å². The lowest BCUT2D eigenvalue weighted by atomic mass is 10.3. The smallest absolute Gasteiger partial charge is 0.261 e. The minimum Gasteiger partial charge on any atom is -0.394 e. The molecule has 19 heavy (non-hydrogen) atoms. The van der Waals surface area contributed by atoms with E-state index in [0.29, 0.717) is 11.4 Å². The molecule has 0 aromatic carbocycles. The van der Waals surface area contributed by atoms with E-state index in [0.717, 1.165) is 4.88 Å². The third-order valence-electron chi connectivity index (χ3n) is 2.46. The number of ether oxygens (including phenoxy) is 1. The average molecular weight is 297 g/mol. The number of carbonyl (C=O) groups excluding carboxylic acids is 1. The van der Waals surface area contributed by atoms with Gasteiger partial charge in [0, 0.05) is 11.4 Å². The minimum absolute atomic E-state index is 0.0270. The van der Waals surface area contributed by atoms with Crippen LogP contribution in [-0.4, -0.2) is 30.8 Å². The summed E-state index contributed by atoms with van der Waals surface area (Å²) in [5.41, 5.74) is 0. The van der Waals surface area contributed by atoms with Crippen LogP contribution in [0.25, 0.3) is 0 Å². The third-order valence-corrected chi connectivity index (χ3v) is 4.30. The molecule has 1 atom stereocenters. The zero-order valence-electron chi connectivity index (χ0n) is 10.2. The third kappa shape index (κ3) is 4.14. The standard InChI is InChI=1S/C13H15NO3S2/c15-5-6-17-10(11-3-1-7-18-11)9-14-13(16)12-4-2-8-19-12/h1-4,7-8,10,15H,5-6,9H2,(H,14,16)/t10-/m0/s1. The van der Waals surface area contributed by atoms with Crippen molar-refractivity contribution in [3.63, 3.8) is 0 Å². The van der Waals surface area contributed by atoms with Crippen molar-refractivity contribution >= 4 is 28.6 Å². The number of hydrogen-bond acceptors (Lipinski definition) is 5. The van der Waals surface area contributed by atoms with Crippen molar-refractivity contribution in [3.8, 4) is 0 Å². The van der Waals surface area contributed by atoms with Crippen molar-refractivity contribution in [2.75, 3.05) is 19.8 Å². The highest BCUT2D eigenvalue weighted by Gasteiger charge is 2.15. The van der Waals surface area contributed by atoms with Crippen molar-refractivity contribution in [2.24, 2.45) is 0 Å². The van der Waals surface area contributed by atoms with E-state index >= 15 is 0 Å². The van der Waals surface area contributed by atoms with E-state index in [-0.39, 0.29) is 25.2 Å². The molecule has 102 valence electrons. The lowest BCUT2D eigenvalue weighted by molar-refractivity contribution is 0.0296. The lowest BCUT2D eigenvalue weighted by Gasteiger charge is -2.16. The largest absolute Gasteiger partial charge is 0.394 e. The summed E-state index contributed by atoms with van der Waals surface area (Å²) in [4.78, 5) is 13.6. The number of aliphatic hydroxyl groups excluding tert-OH is 1. The van der Waals surface area contributed by atoms with Crippen LogP contribution in [0.15, 0.2) is 35.0 Å². The van der Waals surface area contributed by atoms with Gasteiger partial charge in [-0.3, -0.25) is 4.79 Å². The van der Waals surface area contributed by atoms with Gasteiger partial charge < -0.3 is 15.2 Å². The highest BCUT2D eigenvalue weighted by atomic mass is 32.1. The van der Waals surface area contributed by atoms with Gasteiger partial charge in [-0.25, -0.2) is 0 Å². The Morgan fingerprint density at radius 1 is 1.32 bits per heavy atom. The van der Waals surface area contributed by atoms with Crippen LogP contribution < -0.4 is 5.32 Å². The molecule has 2 aromatic rings. The number of rotatable bonds is 7. The molecule has 0 saturated carbocycles. The van der Waals surface area contributed by atoms with Gasteiger partial charge in [0.1, 0.15) is 6.10 Å². The molecule has 0 saturated heterocycles. The molecule has 0 unspecified atom stereocenters. The Balaban J connectivity index is 1.91. The summed E-state index contributed by atoms with van der Waals surface area (Å²) in [6.07, 6.45) is -0.212. The number of hydrogen-bond donors (Lipinski definition) is 2. The highest BCUT2D eigenvalue weighted by molar-refractivity contribution is 7.12. The van der Waals surface area contributed by atoms with E-state index in [4.69, 9.17) is 9.84 Å². The monoisotopic (exact) mass is 297 g/mol. The average Bonchev–Trinajstić information content (AvgIpc) is 3.11. The molecule has 0 radical (unpaired) electrons. The number of nitrogens with one attached hydrogen (secondary N) is 1. The Labute approximate surface area is 119 Å². The molecule has 0 fully saturated rings. The maximum Gasteiger partial charge on any atom is 0.261 e. The van der Waals surface area contributed by atoms with E-state index in [9.17, 15) is 4.79 Å². The summed E-state index contributed by atoms with van der Waals surface area (Å²) in [7, 11) is 0. The molecule has 2 N–H and O–H groups in total. The molecule has 4 nitrogen and oxygen atoms in total. The van der Waals surface area contributed by atoms with E-state index in [1.165, 1.54) is 11.3 Å². The number of thiophene rings is 2. The fraction of sp³-hybridized carbons (Fsp3) is 0.308. The zero-order valence-corrected chi connectivity index (χ0v) is 11.9. The van der Waals surface area contributed by atoms with Gasteiger partial charge in [-0.15, -0.1) is 22.7 Å². The molecule has 2 rings (SSSR count). The van der Waals surface area contributed by atoms with Gasteiger partial charge in [-0.1, -0.05) is 12.1 Å². The molecule has 1 amide bonds. The molecular formula is C13H15NO3S2. The van der Waals surface area contributed by atoms with Crippen molar-refractivity contribution in [1.82, 2.24) is 5.32 Å².